The summed E-state index contributed by atoms with van der Waals surface area (Å²) in [5.41, 5.74) is 1.06. The second-order valence-corrected chi connectivity index (χ2v) is 4.41. The normalized spacial score (nSPS) is 18.8. The monoisotopic (exact) mass is 250 g/mol. The van der Waals surface area contributed by atoms with E-state index in [1.54, 1.807) is 12.1 Å². The van der Waals surface area contributed by atoms with Gasteiger partial charge in [-0.1, -0.05) is 6.92 Å². The zero-order valence-electron chi connectivity index (χ0n) is 10.5. The van der Waals surface area contributed by atoms with Crippen molar-refractivity contribution in [2.45, 2.75) is 32.3 Å². The van der Waals surface area contributed by atoms with E-state index in [9.17, 15) is 4.79 Å². The number of aryl methyl sites for hydroxylation is 1. The lowest BCUT2D eigenvalue weighted by Crippen LogP contribution is -2.19. The SMILES string of the molecule is CCc1cc(C(=O)O)cc(NCC2CCCO2)n1. The Hall–Kier alpha value is -1.62. The van der Waals surface area contributed by atoms with Gasteiger partial charge in [-0.05, 0) is 31.4 Å². The number of anilines is 1. The number of aromatic carboxylic acids is 1. The number of rotatable bonds is 5. The van der Waals surface area contributed by atoms with E-state index in [0.29, 0.717) is 12.4 Å². The number of pyridine rings is 1. The molecule has 2 rings (SSSR count). The molecule has 1 aliphatic rings. The fraction of sp³-hybridized carbons (Fsp3) is 0.538. The Morgan fingerprint density at radius 3 is 3.06 bits per heavy atom. The van der Waals surface area contributed by atoms with E-state index in [1.807, 2.05) is 6.92 Å². The van der Waals surface area contributed by atoms with Gasteiger partial charge in [-0.25, -0.2) is 9.78 Å². The van der Waals surface area contributed by atoms with Gasteiger partial charge in [0, 0.05) is 18.8 Å². The second kappa shape index (κ2) is 5.82. The molecule has 1 saturated heterocycles. The summed E-state index contributed by atoms with van der Waals surface area (Å²) in [6, 6.07) is 3.18. The summed E-state index contributed by atoms with van der Waals surface area (Å²) in [6.45, 7) is 3.45. The molecule has 2 N–H and O–H groups in total. The molecule has 0 radical (unpaired) electrons. The van der Waals surface area contributed by atoms with Gasteiger partial charge in [0.2, 0.25) is 0 Å². The summed E-state index contributed by atoms with van der Waals surface area (Å²) in [5, 5.41) is 12.2. The standard InChI is InChI=1S/C13H18N2O3/c1-2-10-6-9(13(16)17)7-12(15-10)14-8-11-4-3-5-18-11/h6-7,11H,2-5,8H2,1H3,(H,14,15)(H,16,17). The number of aromatic nitrogens is 1. The minimum atomic E-state index is -0.924. The third-order valence-electron chi connectivity index (χ3n) is 3.02. The highest BCUT2D eigenvalue weighted by Gasteiger charge is 2.15. The maximum atomic E-state index is 11.0. The Morgan fingerprint density at radius 1 is 1.61 bits per heavy atom. The van der Waals surface area contributed by atoms with E-state index in [-0.39, 0.29) is 11.7 Å². The first-order chi connectivity index (χ1) is 8.69. The van der Waals surface area contributed by atoms with Gasteiger partial charge in [-0.3, -0.25) is 0 Å². The average Bonchev–Trinajstić information content (AvgIpc) is 2.89. The van der Waals surface area contributed by atoms with Gasteiger partial charge in [0.05, 0.1) is 11.7 Å². The van der Waals surface area contributed by atoms with Crippen LogP contribution in [0.5, 0.6) is 0 Å². The first-order valence-corrected chi connectivity index (χ1v) is 6.28. The zero-order chi connectivity index (χ0) is 13.0. The molecule has 1 aromatic heterocycles. The van der Waals surface area contributed by atoms with Gasteiger partial charge in [0.15, 0.2) is 0 Å². The summed E-state index contributed by atoms with van der Waals surface area (Å²) >= 11 is 0. The van der Waals surface area contributed by atoms with Crippen molar-refractivity contribution in [2.75, 3.05) is 18.5 Å². The minimum Gasteiger partial charge on any atom is -0.478 e. The molecule has 5 nitrogen and oxygen atoms in total. The molecule has 0 aliphatic carbocycles. The first kappa shape index (κ1) is 12.8. The number of carbonyl (C=O) groups is 1. The van der Waals surface area contributed by atoms with Crippen molar-refractivity contribution in [3.05, 3.63) is 23.4 Å². The van der Waals surface area contributed by atoms with E-state index in [1.165, 1.54) is 0 Å². The van der Waals surface area contributed by atoms with Crippen molar-refractivity contribution < 1.29 is 14.6 Å². The summed E-state index contributed by atoms with van der Waals surface area (Å²) in [6.07, 6.45) is 3.07. The lowest BCUT2D eigenvalue weighted by atomic mass is 10.2. The number of nitrogens with one attached hydrogen (secondary N) is 1. The molecule has 18 heavy (non-hydrogen) atoms. The Kier molecular flexibility index (Phi) is 4.15. The summed E-state index contributed by atoms with van der Waals surface area (Å²) in [4.78, 5) is 15.4. The third-order valence-corrected chi connectivity index (χ3v) is 3.02. The molecule has 5 heteroatoms. The minimum absolute atomic E-state index is 0.213. The molecular weight excluding hydrogens is 232 g/mol. The largest absolute Gasteiger partial charge is 0.478 e. The number of carboxylic acid groups (broad SMARTS) is 1. The van der Waals surface area contributed by atoms with Crippen LogP contribution in [0, 0.1) is 0 Å². The fourth-order valence-corrected chi connectivity index (χ4v) is 2.01. The van der Waals surface area contributed by atoms with Crippen molar-refractivity contribution in [1.29, 1.82) is 0 Å². The molecule has 1 atom stereocenters. The van der Waals surface area contributed by atoms with Crippen LogP contribution in [0.25, 0.3) is 0 Å². The van der Waals surface area contributed by atoms with Crippen LogP contribution in [0.4, 0.5) is 5.82 Å². The lowest BCUT2D eigenvalue weighted by molar-refractivity contribution is 0.0696. The average molecular weight is 250 g/mol. The van der Waals surface area contributed by atoms with E-state index < -0.39 is 5.97 Å². The van der Waals surface area contributed by atoms with Crippen LogP contribution >= 0.6 is 0 Å². The van der Waals surface area contributed by atoms with E-state index in [4.69, 9.17) is 9.84 Å². The molecule has 2 heterocycles. The predicted octanol–water partition coefficient (Wildman–Crippen LogP) is 1.93. The van der Waals surface area contributed by atoms with E-state index in [0.717, 1.165) is 31.6 Å². The van der Waals surface area contributed by atoms with Crippen LogP contribution in [0.1, 0.15) is 35.8 Å². The Balaban J connectivity index is 2.05. The molecule has 1 aromatic rings. The van der Waals surface area contributed by atoms with Gasteiger partial charge in [0.1, 0.15) is 5.82 Å². The number of hydrogen-bond acceptors (Lipinski definition) is 4. The van der Waals surface area contributed by atoms with Gasteiger partial charge in [-0.2, -0.15) is 0 Å². The van der Waals surface area contributed by atoms with Gasteiger partial charge in [0.25, 0.3) is 0 Å². The highest BCUT2D eigenvalue weighted by Crippen LogP contribution is 2.15. The molecular formula is C13H18N2O3. The lowest BCUT2D eigenvalue weighted by Gasteiger charge is -2.12. The van der Waals surface area contributed by atoms with Crippen LogP contribution in [-0.2, 0) is 11.2 Å². The maximum absolute atomic E-state index is 11.0. The fourth-order valence-electron chi connectivity index (χ4n) is 2.01. The number of nitrogens with zero attached hydrogens (tertiary/aromatic N) is 1. The predicted molar refractivity (Wildman–Crippen MR) is 68.0 cm³/mol. The van der Waals surface area contributed by atoms with E-state index in [2.05, 4.69) is 10.3 Å². The molecule has 1 fully saturated rings. The van der Waals surface area contributed by atoms with Crippen molar-refractivity contribution in [3.63, 3.8) is 0 Å². The van der Waals surface area contributed by atoms with Gasteiger partial charge in [-0.15, -0.1) is 0 Å². The van der Waals surface area contributed by atoms with Crippen molar-refractivity contribution >= 4 is 11.8 Å². The van der Waals surface area contributed by atoms with Crippen LogP contribution < -0.4 is 5.32 Å². The quantitative estimate of drug-likeness (QED) is 0.835. The molecule has 0 spiro atoms. The number of ether oxygens (including phenoxy) is 1. The van der Waals surface area contributed by atoms with Crippen LogP contribution in [0.3, 0.4) is 0 Å². The molecule has 98 valence electrons. The Bertz CT molecular complexity index is 428. The van der Waals surface area contributed by atoms with Crippen LogP contribution in [0.15, 0.2) is 12.1 Å². The van der Waals surface area contributed by atoms with Crippen molar-refractivity contribution in [2.24, 2.45) is 0 Å². The van der Waals surface area contributed by atoms with Crippen molar-refractivity contribution in [1.82, 2.24) is 4.98 Å². The molecule has 0 saturated carbocycles. The third kappa shape index (κ3) is 3.20. The van der Waals surface area contributed by atoms with Crippen molar-refractivity contribution in [3.8, 4) is 0 Å². The molecule has 1 aliphatic heterocycles. The molecule has 0 aromatic carbocycles. The summed E-state index contributed by atoms with van der Waals surface area (Å²) in [7, 11) is 0. The highest BCUT2D eigenvalue weighted by atomic mass is 16.5. The van der Waals surface area contributed by atoms with Gasteiger partial charge >= 0.3 is 5.97 Å². The Morgan fingerprint density at radius 2 is 2.44 bits per heavy atom. The maximum Gasteiger partial charge on any atom is 0.335 e. The summed E-state index contributed by atoms with van der Waals surface area (Å²) in [5.74, 6) is -0.311. The van der Waals surface area contributed by atoms with Gasteiger partial charge < -0.3 is 15.2 Å². The van der Waals surface area contributed by atoms with E-state index >= 15 is 0 Å². The molecule has 1 unspecified atom stereocenters. The highest BCUT2D eigenvalue weighted by molar-refractivity contribution is 5.88. The smallest absolute Gasteiger partial charge is 0.335 e. The number of carboxylic acids is 1. The van der Waals surface area contributed by atoms with Crippen LogP contribution in [-0.4, -0.2) is 35.3 Å². The first-order valence-electron chi connectivity index (χ1n) is 6.28. The van der Waals surface area contributed by atoms with Crippen LogP contribution in [0.2, 0.25) is 0 Å². The second-order valence-electron chi connectivity index (χ2n) is 4.41. The number of hydrogen-bond donors (Lipinski definition) is 2. The molecule has 0 bridgehead atoms. The summed E-state index contributed by atoms with van der Waals surface area (Å²) < 4.78 is 5.50. The Labute approximate surface area is 106 Å². The topological polar surface area (TPSA) is 71.5 Å². The zero-order valence-corrected chi connectivity index (χ0v) is 10.5. The molecule has 0 amide bonds.